The maximum atomic E-state index is 13.8. The van der Waals surface area contributed by atoms with Gasteiger partial charge in [-0.2, -0.15) is 4.31 Å². The predicted octanol–water partition coefficient (Wildman–Crippen LogP) is 1.27. The number of benzene rings is 1. The van der Waals surface area contributed by atoms with Gasteiger partial charge >= 0.3 is 0 Å². The Bertz CT molecular complexity index is 650. The SMILES string of the molecule is O=S(=O)(c1c(F)cccc1F)N1CCN(CC2CCCNC2)CC1. The van der Waals surface area contributed by atoms with Gasteiger partial charge in [0.2, 0.25) is 10.0 Å². The fourth-order valence-electron chi connectivity index (χ4n) is 3.46. The van der Waals surface area contributed by atoms with Crippen molar-refractivity contribution in [1.29, 1.82) is 0 Å². The van der Waals surface area contributed by atoms with E-state index < -0.39 is 26.6 Å². The Morgan fingerprint density at radius 2 is 1.79 bits per heavy atom. The zero-order valence-electron chi connectivity index (χ0n) is 13.5. The van der Waals surface area contributed by atoms with Gasteiger partial charge in [0.15, 0.2) is 4.90 Å². The number of piperazine rings is 1. The molecule has 2 fully saturated rings. The molecule has 2 heterocycles. The Hall–Kier alpha value is -1.09. The first-order chi connectivity index (χ1) is 11.5. The second-order valence-corrected chi connectivity index (χ2v) is 8.34. The molecule has 2 aliphatic rings. The van der Waals surface area contributed by atoms with E-state index in [0.29, 0.717) is 19.0 Å². The van der Waals surface area contributed by atoms with Crippen molar-refractivity contribution in [3.63, 3.8) is 0 Å². The molecule has 2 aliphatic heterocycles. The molecule has 8 heteroatoms. The lowest BCUT2D eigenvalue weighted by Gasteiger charge is -2.36. The minimum Gasteiger partial charge on any atom is -0.316 e. The maximum Gasteiger partial charge on any atom is 0.249 e. The summed E-state index contributed by atoms with van der Waals surface area (Å²) in [5, 5.41) is 3.38. The quantitative estimate of drug-likeness (QED) is 0.880. The second-order valence-electron chi connectivity index (χ2n) is 6.47. The van der Waals surface area contributed by atoms with Crippen molar-refractivity contribution in [3.8, 4) is 0 Å². The first-order valence-electron chi connectivity index (χ1n) is 8.36. The summed E-state index contributed by atoms with van der Waals surface area (Å²) >= 11 is 0. The van der Waals surface area contributed by atoms with Gasteiger partial charge in [0.05, 0.1) is 0 Å². The van der Waals surface area contributed by atoms with E-state index in [4.69, 9.17) is 0 Å². The Morgan fingerprint density at radius 3 is 2.38 bits per heavy atom. The second kappa shape index (κ2) is 7.43. The van der Waals surface area contributed by atoms with E-state index in [1.54, 1.807) is 0 Å². The molecular weight excluding hydrogens is 336 g/mol. The van der Waals surface area contributed by atoms with Gasteiger partial charge in [-0.3, -0.25) is 0 Å². The highest BCUT2D eigenvalue weighted by molar-refractivity contribution is 7.89. The summed E-state index contributed by atoms with van der Waals surface area (Å²) in [7, 11) is -4.14. The van der Waals surface area contributed by atoms with Crippen LogP contribution in [0.1, 0.15) is 12.8 Å². The minimum absolute atomic E-state index is 0.260. The monoisotopic (exact) mass is 359 g/mol. The highest BCUT2D eigenvalue weighted by atomic mass is 32.2. The zero-order chi connectivity index (χ0) is 17.2. The molecule has 2 saturated heterocycles. The van der Waals surface area contributed by atoms with Crippen LogP contribution in [0, 0.1) is 17.6 Å². The fraction of sp³-hybridized carbons (Fsp3) is 0.625. The summed E-state index contributed by atoms with van der Waals surface area (Å²) < 4.78 is 53.9. The summed E-state index contributed by atoms with van der Waals surface area (Å²) in [5.41, 5.74) is 0. The Kier molecular flexibility index (Phi) is 5.49. The minimum atomic E-state index is -4.14. The molecule has 24 heavy (non-hydrogen) atoms. The van der Waals surface area contributed by atoms with Crippen molar-refractivity contribution in [2.45, 2.75) is 17.7 Å². The highest BCUT2D eigenvalue weighted by Crippen LogP contribution is 2.24. The first-order valence-corrected chi connectivity index (χ1v) is 9.80. The summed E-state index contributed by atoms with van der Waals surface area (Å²) in [6.07, 6.45) is 2.36. The van der Waals surface area contributed by atoms with Crippen molar-refractivity contribution in [2.24, 2.45) is 5.92 Å². The normalized spacial score (nSPS) is 24.2. The zero-order valence-corrected chi connectivity index (χ0v) is 14.4. The standard InChI is InChI=1S/C16H23F2N3O2S/c17-14-4-1-5-15(18)16(14)24(22,23)21-9-7-20(8-10-21)12-13-3-2-6-19-11-13/h1,4-5,13,19H,2-3,6-12H2. The Balaban J connectivity index is 1.63. The largest absolute Gasteiger partial charge is 0.316 e. The van der Waals surface area contributed by atoms with E-state index in [0.717, 1.165) is 31.8 Å². The number of halogens is 2. The van der Waals surface area contributed by atoms with E-state index in [9.17, 15) is 17.2 Å². The lowest BCUT2D eigenvalue weighted by Crippen LogP contribution is -2.51. The van der Waals surface area contributed by atoms with Crippen LogP contribution in [0.3, 0.4) is 0 Å². The Morgan fingerprint density at radius 1 is 1.12 bits per heavy atom. The maximum absolute atomic E-state index is 13.8. The van der Waals surface area contributed by atoms with Crippen LogP contribution in [0.4, 0.5) is 8.78 Å². The molecule has 1 aromatic rings. The Labute approximate surface area is 141 Å². The van der Waals surface area contributed by atoms with Gasteiger partial charge in [0.1, 0.15) is 11.6 Å². The van der Waals surface area contributed by atoms with E-state index in [2.05, 4.69) is 10.2 Å². The van der Waals surface area contributed by atoms with E-state index >= 15 is 0 Å². The molecule has 134 valence electrons. The van der Waals surface area contributed by atoms with E-state index in [1.807, 2.05) is 0 Å². The molecule has 0 spiro atoms. The number of sulfonamides is 1. The number of piperidine rings is 1. The van der Waals surface area contributed by atoms with Crippen LogP contribution < -0.4 is 5.32 Å². The van der Waals surface area contributed by atoms with E-state index in [1.165, 1.54) is 23.2 Å². The van der Waals surface area contributed by atoms with Gasteiger partial charge < -0.3 is 10.2 Å². The van der Waals surface area contributed by atoms with Gasteiger partial charge in [-0.15, -0.1) is 0 Å². The molecule has 1 N–H and O–H groups in total. The predicted molar refractivity (Wildman–Crippen MR) is 87.2 cm³/mol. The number of nitrogens with zero attached hydrogens (tertiary/aromatic N) is 2. The number of nitrogens with one attached hydrogen (secondary N) is 1. The molecule has 0 bridgehead atoms. The lowest BCUT2D eigenvalue weighted by molar-refractivity contribution is 0.154. The molecule has 1 aromatic carbocycles. The van der Waals surface area contributed by atoms with Gasteiger partial charge in [-0.1, -0.05) is 6.07 Å². The van der Waals surface area contributed by atoms with Crippen molar-refractivity contribution in [2.75, 3.05) is 45.8 Å². The summed E-state index contributed by atoms with van der Waals surface area (Å²) in [4.78, 5) is 1.40. The summed E-state index contributed by atoms with van der Waals surface area (Å²) in [6, 6.07) is 3.12. The average Bonchev–Trinajstić information content (AvgIpc) is 2.56. The van der Waals surface area contributed by atoms with Crippen molar-refractivity contribution >= 4 is 10.0 Å². The molecule has 1 atom stereocenters. The third kappa shape index (κ3) is 3.77. The van der Waals surface area contributed by atoms with Gasteiger partial charge in [0.25, 0.3) is 0 Å². The number of rotatable bonds is 4. The van der Waals surface area contributed by atoms with Crippen LogP contribution in [-0.2, 0) is 10.0 Å². The van der Waals surface area contributed by atoms with Gasteiger partial charge in [-0.25, -0.2) is 17.2 Å². The van der Waals surface area contributed by atoms with Crippen LogP contribution in [0.25, 0.3) is 0 Å². The molecule has 0 radical (unpaired) electrons. The first kappa shape index (κ1) is 17.7. The molecule has 0 aliphatic carbocycles. The molecule has 0 saturated carbocycles. The number of hydrogen-bond acceptors (Lipinski definition) is 4. The molecule has 5 nitrogen and oxygen atoms in total. The number of hydrogen-bond donors (Lipinski definition) is 1. The lowest BCUT2D eigenvalue weighted by atomic mass is 9.99. The van der Waals surface area contributed by atoms with Gasteiger partial charge in [-0.05, 0) is 44.0 Å². The van der Waals surface area contributed by atoms with Crippen LogP contribution >= 0.6 is 0 Å². The summed E-state index contributed by atoms with van der Waals surface area (Å²) in [5.74, 6) is -1.48. The molecule has 0 amide bonds. The third-order valence-electron chi connectivity index (χ3n) is 4.76. The summed E-state index contributed by atoms with van der Waals surface area (Å²) in [6.45, 7) is 4.70. The molecule has 0 aromatic heterocycles. The third-order valence-corrected chi connectivity index (χ3v) is 6.71. The molecule has 3 rings (SSSR count). The van der Waals surface area contributed by atoms with Gasteiger partial charge in [0, 0.05) is 32.7 Å². The van der Waals surface area contributed by atoms with Crippen molar-refractivity contribution in [1.82, 2.24) is 14.5 Å². The van der Waals surface area contributed by atoms with Crippen LogP contribution in [-0.4, -0.2) is 63.4 Å². The molecular formula is C16H23F2N3O2S. The molecule has 1 unspecified atom stereocenters. The van der Waals surface area contributed by atoms with E-state index in [-0.39, 0.29) is 13.1 Å². The van der Waals surface area contributed by atoms with Crippen molar-refractivity contribution in [3.05, 3.63) is 29.8 Å². The van der Waals surface area contributed by atoms with Crippen LogP contribution in [0.15, 0.2) is 23.1 Å². The topological polar surface area (TPSA) is 52.7 Å². The fourth-order valence-corrected chi connectivity index (χ4v) is 4.99. The van der Waals surface area contributed by atoms with Crippen LogP contribution in [0.2, 0.25) is 0 Å². The van der Waals surface area contributed by atoms with Crippen molar-refractivity contribution < 1.29 is 17.2 Å². The van der Waals surface area contributed by atoms with Crippen LogP contribution in [0.5, 0.6) is 0 Å². The smallest absolute Gasteiger partial charge is 0.249 e. The highest BCUT2D eigenvalue weighted by Gasteiger charge is 2.33. The average molecular weight is 359 g/mol.